The highest BCUT2D eigenvalue weighted by atomic mass is 35.5. The molecule has 1 heterocycles. The van der Waals surface area contributed by atoms with E-state index in [0.717, 1.165) is 5.82 Å². The number of aromatic nitrogens is 2. The number of imidazole rings is 1. The molecule has 0 spiro atoms. The van der Waals surface area contributed by atoms with Crippen LogP contribution in [0.3, 0.4) is 0 Å². The maximum absolute atomic E-state index is 11.8. The van der Waals surface area contributed by atoms with E-state index in [9.17, 15) is 4.79 Å². The minimum absolute atomic E-state index is 0.276. The molecule has 0 atom stereocenters. The third-order valence-electron chi connectivity index (χ3n) is 2.73. The quantitative estimate of drug-likeness (QED) is 0.688. The first-order valence-corrected chi connectivity index (χ1v) is 6.15. The molecule has 0 radical (unpaired) electrons. The van der Waals surface area contributed by atoms with E-state index in [1.165, 1.54) is 6.07 Å². The predicted molar refractivity (Wildman–Crippen MR) is 73.1 cm³/mol. The van der Waals surface area contributed by atoms with Crippen LogP contribution in [0.25, 0.3) is 0 Å². The van der Waals surface area contributed by atoms with Gasteiger partial charge in [-0.05, 0) is 25.1 Å². The number of nitrogens with two attached hydrogens (primary N) is 1. The van der Waals surface area contributed by atoms with Gasteiger partial charge in [-0.3, -0.25) is 0 Å². The van der Waals surface area contributed by atoms with Crippen LogP contribution in [0.5, 0.6) is 0 Å². The predicted octanol–water partition coefficient (Wildman–Crippen LogP) is 2.28. The number of halogens is 1. The van der Waals surface area contributed by atoms with Crippen LogP contribution in [0.1, 0.15) is 16.2 Å². The maximum Gasteiger partial charge on any atom is 0.338 e. The third-order valence-corrected chi connectivity index (χ3v) is 3.05. The van der Waals surface area contributed by atoms with Gasteiger partial charge in [0.1, 0.15) is 12.4 Å². The zero-order chi connectivity index (χ0) is 13.8. The summed E-state index contributed by atoms with van der Waals surface area (Å²) in [6, 6.07) is 4.67. The Morgan fingerprint density at radius 3 is 2.95 bits per heavy atom. The number of anilines is 1. The second-order valence-corrected chi connectivity index (χ2v) is 4.45. The number of carbonyl (C=O) groups is 1. The van der Waals surface area contributed by atoms with Crippen LogP contribution in [-0.4, -0.2) is 22.1 Å². The Kier molecular flexibility index (Phi) is 4.06. The second-order valence-electron chi connectivity index (χ2n) is 4.04. The Labute approximate surface area is 116 Å². The van der Waals surface area contributed by atoms with Crippen LogP contribution >= 0.6 is 11.6 Å². The summed E-state index contributed by atoms with van der Waals surface area (Å²) < 4.78 is 7.07. The molecule has 1 aromatic heterocycles. The summed E-state index contributed by atoms with van der Waals surface area (Å²) in [4.78, 5) is 15.9. The molecule has 2 aromatic rings. The first-order valence-electron chi connectivity index (χ1n) is 5.78. The summed E-state index contributed by atoms with van der Waals surface area (Å²) in [5, 5.41) is 0.347. The van der Waals surface area contributed by atoms with Gasteiger partial charge in [-0.2, -0.15) is 0 Å². The summed E-state index contributed by atoms with van der Waals surface area (Å²) in [5.74, 6) is 0.464. The number of hydrogen-bond donors (Lipinski definition) is 1. The zero-order valence-corrected chi connectivity index (χ0v) is 11.2. The van der Waals surface area contributed by atoms with Gasteiger partial charge < -0.3 is 15.0 Å². The van der Waals surface area contributed by atoms with Crippen LogP contribution in [0.15, 0.2) is 30.6 Å². The topological polar surface area (TPSA) is 70.1 Å². The fourth-order valence-electron chi connectivity index (χ4n) is 1.61. The Hall–Kier alpha value is -2.01. The highest BCUT2D eigenvalue weighted by Crippen LogP contribution is 2.20. The lowest BCUT2D eigenvalue weighted by atomic mass is 10.2. The first-order chi connectivity index (χ1) is 9.08. The van der Waals surface area contributed by atoms with Crippen molar-refractivity contribution in [1.29, 1.82) is 0 Å². The molecule has 0 unspecified atom stereocenters. The summed E-state index contributed by atoms with van der Waals surface area (Å²) in [5.41, 5.74) is 6.40. The van der Waals surface area contributed by atoms with E-state index in [2.05, 4.69) is 4.98 Å². The third kappa shape index (κ3) is 3.26. The normalized spacial score (nSPS) is 10.4. The molecule has 2 rings (SSSR count). The number of carbonyl (C=O) groups excluding carboxylic acids is 1. The van der Waals surface area contributed by atoms with Gasteiger partial charge in [0.2, 0.25) is 0 Å². The van der Waals surface area contributed by atoms with Crippen molar-refractivity contribution in [3.63, 3.8) is 0 Å². The van der Waals surface area contributed by atoms with E-state index < -0.39 is 5.97 Å². The standard InChI is InChI=1S/C13H14ClN3O2/c1-9-16-4-5-17(9)6-7-19-13(18)10-2-3-12(15)11(14)8-10/h2-5,8H,6-7,15H2,1H3. The number of rotatable bonds is 4. The van der Waals surface area contributed by atoms with Crippen LogP contribution < -0.4 is 5.73 Å². The molecule has 0 fully saturated rings. The molecule has 100 valence electrons. The highest BCUT2D eigenvalue weighted by molar-refractivity contribution is 6.33. The van der Waals surface area contributed by atoms with Gasteiger partial charge in [-0.15, -0.1) is 0 Å². The van der Waals surface area contributed by atoms with Crippen molar-refractivity contribution in [2.45, 2.75) is 13.5 Å². The van der Waals surface area contributed by atoms with Crippen LogP contribution in [-0.2, 0) is 11.3 Å². The fourth-order valence-corrected chi connectivity index (χ4v) is 1.79. The summed E-state index contributed by atoms with van der Waals surface area (Å²) in [6.07, 6.45) is 3.54. The summed E-state index contributed by atoms with van der Waals surface area (Å²) >= 11 is 5.85. The largest absolute Gasteiger partial charge is 0.460 e. The molecule has 1 aromatic carbocycles. The minimum atomic E-state index is -0.417. The molecule has 0 saturated heterocycles. The highest BCUT2D eigenvalue weighted by Gasteiger charge is 2.09. The van der Waals surface area contributed by atoms with Gasteiger partial charge in [0.15, 0.2) is 0 Å². The van der Waals surface area contributed by atoms with Crippen molar-refractivity contribution in [2.75, 3.05) is 12.3 Å². The average molecular weight is 280 g/mol. The number of aryl methyl sites for hydroxylation is 1. The second kappa shape index (κ2) is 5.75. The molecule has 2 N–H and O–H groups in total. The van der Waals surface area contributed by atoms with E-state index in [1.807, 2.05) is 17.7 Å². The van der Waals surface area contributed by atoms with Crippen molar-refractivity contribution in [3.8, 4) is 0 Å². The Balaban J connectivity index is 1.91. The molecule has 0 saturated carbocycles. The average Bonchev–Trinajstić information content (AvgIpc) is 2.78. The van der Waals surface area contributed by atoms with E-state index in [1.54, 1.807) is 18.3 Å². The Morgan fingerprint density at radius 2 is 2.32 bits per heavy atom. The Bertz CT molecular complexity index is 595. The van der Waals surface area contributed by atoms with Crippen molar-refractivity contribution < 1.29 is 9.53 Å². The van der Waals surface area contributed by atoms with Crippen molar-refractivity contribution in [1.82, 2.24) is 9.55 Å². The molecular weight excluding hydrogens is 266 g/mol. The van der Waals surface area contributed by atoms with Gasteiger partial charge in [-0.25, -0.2) is 9.78 Å². The van der Waals surface area contributed by atoms with Gasteiger partial charge >= 0.3 is 5.97 Å². The molecule has 6 heteroatoms. The number of esters is 1. The minimum Gasteiger partial charge on any atom is -0.460 e. The lowest BCUT2D eigenvalue weighted by Gasteiger charge is -2.07. The van der Waals surface area contributed by atoms with Crippen LogP contribution in [0.2, 0.25) is 5.02 Å². The van der Waals surface area contributed by atoms with Crippen LogP contribution in [0, 0.1) is 6.92 Å². The van der Waals surface area contributed by atoms with Gasteiger partial charge in [0.05, 0.1) is 22.8 Å². The lowest BCUT2D eigenvalue weighted by Crippen LogP contribution is -2.12. The molecule has 0 amide bonds. The van der Waals surface area contributed by atoms with Crippen molar-refractivity contribution in [3.05, 3.63) is 47.0 Å². The number of nitrogen functional groups attached to an aromatic ring is 1. The molecule has 19 heavy (non-hydrogen) atoms. The number of ether oxygens (including phenoxy) is 1. The van der Waals surface area contributed by atoms with E-state index in [-0.39, 0.29) is 6.61 Å². The summed E-state index contributed by atoms with van der Waals surface area (Å²) in [7, 11) is 0. The monoisotopic (exact) mass is 279 g/mol. The fraction of sp³-hybridized carbons (Fsp3) is 0.231. The van der Waals surface area contributed by atoms with E-state index >= 15 is 0 Å². The smallest absolute Gasteiger partial charge is 0.338 e. The molecule has 5 nitrogen and oxygen atoms in total. The molecule has 0 aliphatic carbocycles. The number of hydrogen-bond acceptors (Lipinski definition) is 4. The Morgan fingerprint density at radius 1 is 1.53 bits per heavy atom. The summed E-state index contributed by atoms with van der Waals surface area (Å²) in [6.45, 7) is 2.74. The molecular formula is C13H14ClN3O2. The number of benzene rings is 1. The van der Waals surface area contributed by atoms with Crippen LogP contribution in [0.4, 0.5) is 5.69 Å². The van der Waals surface area contributed by atoms with Gasteiger partial charge in [0.25, 0.3) is 0 Å². The first kappa shape index (κ1) is 13.4. The van der Waals surface area contributed by atoms with Gasteiger partial charge in [0, 0.05) is 12.4 Å². The zero-order valence-electron chi connectivity index (χ0n) is 10.5. The molecule has 0 aliphatic heterocycles. The van der Waals surface area contributed by atoms with E-state index in [0.29, 0.717) is 22.8 Å². The number of nitrogens with zero attached hydrogens (tertiary/aromatic N) is 2. The molecule has 0 aliphatic rings. The molecule has 0 bridgehead atoms. The van der Waals surface area contributed by atoms with Crippen molar-refractivity contribution in [2.24, 2.45) is 0 Å². The lowest BCUT2D eigenvalue weighted by molar-refractivity contribution is 0.0490. The maximum atomic E-state index is 11.8. The van der Waals surface area contributed by atoms with Gasteiger partial charge in [-0.1, -0.05) is 11.6 Å². The van der Waals surface area contributed by atoms with Crippen molar-refractivity contribution >= 4 is 23.3 Å². The SMILES string of the molecule is Cc1nccn1CCOC(=O)c1ccc(N)c(Cl)c1. The van der Waals surface area contributed by atoms with E-state index in [4.69, 9.17) is 22.1 Å².